The van der Waals surface area contributed by atoms with Crippen molar-refractivity contribution in [3.63, 3.8) is 0 Å². The topological polar surface area (TPSA) is 273 Å². The molecule has 4 N–H and O–H groups in total. The molecule has 1 aromatic heterocycles. The van der Waals surface area contributed by atoms with Crippen molar-refractivity contribution in [2.45, 2.75) is 24.5 Å². The number of aromatic nitrogens is 2. The minimum absolute atomic E-state index is 0.0161. The molecule has 0 aromatic carbocycles. The summed E-state index contributed by atoms with van der Waals surface area (Å²) >= 11 is 1.57. The van der Waals surface area contributed by atoms with Crippen LogP contribution in [0, 0.1) is 3.57 Å². The molecule has 1 aliphatic heterocycles. The Morgan fingerprint density at radius 2 is 1.77 bits per heavy atom. The maximum absolute atomic E-state index is 11.9. The molecule has 30 heavy (non-hydrogen) atoms. The molecule has 1 aliphatic rings. The van der Waals surface area contributed by atoms with Crippen LogP contribution >= 0.6 is 46.1 Å². The summed E-state index contributed by atoms with van der Waals surface area (Å²) in [6.07, 6.45) is -5.87. The molecule has 0 radical (unpaired) electrons. The number of rotatable bonds is 8. The molecule has 0 saturated carbocycles. The Balaban J connectivity index is 2.09. The predicted octanol–water partition coefficient (Wildman–Crippen LogP) is -3.79. The zero-order valence-electron chi connectivity index (χ0n) is 14.0. The van der Waals surface area contributed by atoms with Crippen molar-refractivity contribution in [3.8, 4) is 0 Å². The van der Waals surface area contributed by atoms with Crippen LogP contribution in [0.25, 0.3) is 0 Å². The standard InChI is InChI=1S/C9H14IN2O15P3/c10-3-1-12(9(16)11-7(3)15)8-6(14)5(13)4(25-8)2-24-29(20,21)27-30(22,23)26-28(17,18)19/h1,4-6,8,13-14H,2H2,(H,20,21)(H,22,23)(H,11,15,16)(H2,17,18,19)/p-3. The Labute approximate surface area is 178 Å². The first-order chi connectivity index (χ1) is 13.5. The lowest BCUT2D eigenvalue weighted by Gasteiger charge is -2.32. The molecule has 21 heteroatoms. The Hall–Kier alpha value is -0.300. The number of hydrogen-bond donors (Lipinski definition) is 4. The summed E-state index contributed by atoms with van der Waals surface area (Å²) in [5.41, 5.74) is -1.75. The van der Waals surface area contributed by atoms with Gasteiger partial charge >= 0.3 is 13.5 Å². The number of ether oxygens (including phenoxy) is 1. The normalized spacial score (nSPS) is 28.8. The summed E-state index contributed by atoms with van der Waals surface area (Å²) in [7, 11) is -17.8. The van der Waals surface area contributed by atoms with Gasteiger partial charge in [-0.3, -0.25) is 23.2 Å². The van der Waals surface area contributed by atoms with E-state index in [-0.39, 0.29) is 3.57 Å². The second-order valence-corrected chi connectivity index (χ2v) is 11.0. The highest BCUT2D eigenvalue weighted by Crippen LogP contribution is 2.63. The number of halogens is 1. The van der Waals surface area contributed by atoms with E-state index in [4.69, 9.17) is 9.63 Å². The first kappa shape index (κ1) is 26.0. The van der Waals surface area contributed by atoms with Crippen molar-refractivity contribution in [1.29, 1.82) is 0 Å². The van der Waals surface area contributed by atoms with Crippen molar-refractivity contribution < 1.29 is 61.4 Å². The number of H-pyrrole nitrogens is 1. The molecule has 1 fully saturated rings. The maximum Gasteiger partial charge on any atom is 0.482 e. The van der Waals surface area contributed by atoms with E-state index in [9.17, 15) is 48.2 Å². The van der Waals surface area contributed by atoms with E-state index < -0.39 is 65.9 Å². The highest BCUT2D eigenvalue weighted by molar-refractivity contribution is 14.1. The summed E-state index contributed by atoms with van der Waals surface area (Å²) in [6, 6.07) is 0. The highest BCUT2D eigenvalue weighted by Gasteiger charge is 2.45. The van der Waals surface area contributed by atoms with E-state index in [0.29, 0.717) is 4.57 Å². The van der Waals surface area contributed by atoms with Crippen LogP contribution in [0.15, 0.2) is 15.8 Å². The zero-order valence-corrected chi connectivity index (χ0v) is 18.8. The molecule has 0 aliphatic carbocycles. The van der Waals surface area contributed by atoms with E-state index in [0.717, 1.165) is 6.20 Å². The maximum atomic E-state index is 11.9. The molecular weight excluding hydrogens is 596 g/mol. The number of aliphatic hydroxyl groups is 2. The summed E-state index contributed by atoms with van der Waals surface area (Å²) < 4.78 is 49.6. The smallest absolute Gasteiger partial charge is 0.482 e. The third-order valence-electron chi connectivity index (χ3n) is 3.34. The van der Waals surface area contributed by atoms with Gasteiger partial charge in [-0.15, -0.1) is 0 Å². The fourth-order valence-electron chi connectivity index (χ4n) is 2.20. The molecule has 1 aromatic rings. The summed E-state index contributed by atoms with van der Waals surface area (Å²) in [5, 5.41) is 20.0. The van der Waals surface area contributed by atoms with E-state index >= 15 is 0 Å². The number of aliphatic hydroxyl groups excluding tert-OH is 2. The third-order valence-corrected chi connectivity index (χ3v) is 7.82. The van der Waals surface area contributed by atoms with Crippen molar-refractivity contribution >= 4 is 46.1 Å². The van der Waals surface area contributed by atoms with Gasteiger partial charge in [0, 0.05) is 6.20 Å². The van der Waals surface area contributed by atoms with Crippen molar-refractivity contribution in [3.05, 3.63) is 30.6 Å². The molecule has 0 spiro atoms. The van der Waals surface area contributed by atoms with Gasteiger partial charge < -0.3 is 43.6 Å². The predicted molar refractivity (Wildman–Crippen MR) is 93.1 cm³/mol. The van der Waals surface area contributed by atoms with Gasteiger partial charge in [0.2, 0.25) is 0 Å². The SMILES string of the molecule is O=c1[nH]c(=O)n(C2OC(COP(=O)([O-])OP(=O)(O)OP(=O)([O-])[O-])C(O)C2O)cc1I. The lowest BCUT2D eigenvalue weighted by Crippen LogP contribution is -2.38. The summed E-state index contributed by atoms with van der Waals surface area (Å²) in [4.78, 5) is 66.2. The summed E-state index contributed by atoms with van der Waals surface area (Å²) in [5.74, 6) is 0. The molecule has 0 amide bonds. The van der Waals surface area contributed by atoms with Gasteiger partial charge in [-0.05, 0) is 22.6 Å². The van der Waals surface area contributed by atoms with Crippen molar-refractivity contribution in [1.82, 2.24) is 9.55 Å². The van der Waals surface area contributed by atoms with E-state index in [1.54, 1.807) is 22.6 Å². The molecule has 0 bridgehead atoms. The van der Waals surface area contributed by atoms with Gasteiger partial charge in [0.25, 0.3) is 13.4 Å². The van der Waals surface area contributed by atoms with Crippen LogP contribution in [-0.4, -0.2) is 49.6 Å². The molecule has 6 atom stereocenters. The fourth-order valence-corrected chi connectivity index (χ4v) is 5.56. The van der Waals surface area contributed by atoms with Gasteiger partial charge in [0.15, 0.2) is 6.23 Å². The number of nitrogens with one attached hydrogen (secondary N) is 1. The largest absolute Gasteiger partial charge is 0.789 e. The lowest BCUT2D eigenvalue weighted by molar-refractivity contribution is -0.334. The molecule has 1 saturated heterocycles. The first-order valence-electron chi connectivity index (χ1n) is 7.27. The number of nitrogens with zero attached hydrogens (tertiary/aromatic N) is 1. The molecule has 17 nitrogen and oxygen atoms in total. The first-order valence-corrected chi connectivity index (χ1v) is 12.8. The van der Waals surface area contributed by atoms with E-state index in [1.807, 2.05) is 4.98 Å². The average molecular weight is 607 g/mol. The quantitative estimate of drug-likeness (QED) is 0.163. The van der Waals surface area contributed by atoms with Crippen LogP contribution in [-0.2, 0) is 31.6 Å². The van der Waals surface area contributed by atoms with Crippen LogP contribution in [0.1, 0.15) is 6.23 Å². The second-order valence-electron chi connectivity index (χ2n) is 5.51. The Kier molecular flexibility index (Phi) is 8.03. The molecular formula is C9H11IN2O15P3-3. The molecule has 2 heterocycles. The minimum atomic E-state index is -6.10. The lowest BCUT2D eigenvalue weighted by atomic mass is 10.1. The zero-order chi connectivity index (χ0) is 23.1. The van der Waals surface area contributed by atoms with Crippen LogP contribution in [0.4, 0.5) is 0 Å². The van der Waals surface area contributed by atoms with E-state index in [1.165, 1.54) is 0 Å². The second kappa shape index (κ2) is 9.29. The Morgan fingerprint density at radius 3 is 2.33 bits per heavy atom. The van der Waals surface area contributed by atoms with Gasteiger partial charge in [-0.2, -0.15) is 0 Å². The average Bonchev–Trinajstić information content (AvgIpc) is 2.81. The van der Waals surface area contributed by atoms with Gasteiger partial charge in [0.05, 0.1) is 18.0 Å². The van der Waals surface area contributed by atoms with Crippen LogP contribution < -0.4 is 25.9 Å². The van der Waals surface area contributed by atoms with Crippen molar-refractivity contribution in [2.24, 2.45) is 0 Å². The van der Waals surface area contributed by atoms with Crippen LogP contribution in [0.2, 0.25) is 0 Å². The Morgan fingerprint density at radius 1 is 1.17 bits per heavy atom. The molecule has 172 valence electrons. The number of aromatic amines is 1. The van der Waals surface area contributed by atoms with Crippen molar-refractivity contribution in [2.75, 3.05) is 6.61 Å². The van der Waals surface area contributed by atoms with E-state index in [2.05, 4.69) is 13.1 Å². The number of phosphoric ester groups is 1. The van der Waals surface area contributed by atoms with Crippen LogP contribution in [0.5, 0.6) is 0 Å². The third kappa shape index (κ3) is 6.85. The fraction of sp³-hybridized carbons (Fsp3) is 0.556. The minimum Gasteiger partial charge on any atom is -0.789 e. The van der Waals surface area contributed by atoms with Gasteiger partial charge in [0.1, 0.15) is 18.3 Å². The van der Waals surface area contributed by atoms with Gasteiger partial charge in [-0.1, -0.05) is 0 Å². The van der Waals surface area contributed by atoms with Gasteiger partial charge in [-0.25, -0.2) is 13.7 Å². The Bertz CT molecular complexity index is 1050. The van der Waals surface area contributed by atoms with Crippen LogP contribution in [0.3, 0.4) is 0 Å². The molecule has 2 rings (SSSR count). The summed E-state index contributed by atoms with van der Waals surface area (Å²) in [6.45, 7) is -1.14. The highest BCUT2D eigenvalue weighted by atomic mass is 127. The molecule has 6 unspecified atom stereocenters. The number of phosphoric acid groups is 3. The monoisotopic (exact) mass is 607 g/mol. The number of hydrogen-bond acceptors (Lipinski definition) is 14.